The van der Waals surface area contributed by atoms with Crippen molar-refractivity contribution in [1.82, 2.24) is 10.6 Å². The summed E-state index contributed by atoms with van der Waals surface area (Å²) in [5, 5.41) is 5.98. The van der Waals surface area contributed by atoms with E-state index in [1.807, 2.05) is 30.3 Å². The number of benzene rings is 1. The van der Waals surface area contributed by atoms with E-state index in [9.17, 15) is 14.4 Å². The summed E-state index contributed by atoms with van der Waals surface area (Å²) < 4.78 is 10.1. The number of cyclic esters (lactones) is 2. The van der Waals surface area contributed by atoms with E-state index in [1.165, 1.54) is 58.6 Å². The van der Waals surface area contributed by atoms with Crippen LogP contribution in [0, 0.1) is 0 Å². The third-order valence-electron chi connectivity index (χ3n) is 5.43. The summed E-state index contributed by atoms with van der Waals surface area (Å²) in [6.07, 6.45) is 13.0. The van der Waals surface area contributed by atoms with Crippen LogP contribution in [0.2, 0.25) is 0 Å². The first-order chi connectivity index (χ1) is 15.9. The third-order valence-corrected chi connectivity index (χ3v) is 5.43. The fourth-order valence-electron chi connectivity index (χ4n) is 3.61. The Kier molecular flexibility index (Phi) is 11.5. The highest BCUT2D eigenvalue weighted by Gasteiger charge is 2.38. The molecule has 33 heavy (non-hydrogen) atoms. The maximum absolute atomic E-state index is 11.9. The van der Waals surface area contributed by atoms with Crippen molar-refractivity contribution in [3.8, 4) is 0 Å². The highest BCUT2D eigenvalue weighted by atomic mass is 16.7. The number of nitrogens with one attached hydrogen (secondary N) is 2. The van der Waals surface area contributed by atoms with Crippen LogP contribution in [0.1, 0.15) is 88.4 Å². The van der Waals surface area contributed by atoms with Crippen LogP contribution in [0.3, 0.4) is 0 Å². The summed E-state index contributed by atoms with van der Waals surface area (Å²) in [6, 6.07) is 9.32. The SMILES string of the molecule is CC1(C)OC(=O)C(=CNCCCCCCCCCCCCNC(=O)c2ccccc2)C(=O)O1. The van der Waals surface area contributed by atoms with E-state index in [-0.39, 0.29) is 11.5 Å². The van der Waals surface area contributed by atoms with Crippen LogP contribution in [0.5, 0.6) is 0 Å². The molecule has 0 bridgehead atoms. The van der Waals surface area contributed by atoms with E-state index < -0.39 is 17.7 Å². The molecule has 0 atom stereocenters. The molecule has 2 rings (SSSR count). The fourth-order valence-corrected chi connectivity index (χ4v) is 3.61. The van der Waals surface area contributed by atoms with Gasteiger partial charge in [0.1, 0.15) is 0 Å². The number of esters is 2. The fraction of sp³-hybridized carbons (Fsp3) is 0.577. The zero-order valence-corrected chi connectivity index (χ0v) is 20.0. The Morgan fingerprint density at radius 2 is 1.27 bits per heavy atom. The summed E-state index contributed by atoms with van der Waals surface area (Å²) in [6.45, 7) is 4.50. The van der Waals surface area contributed by atoms with Crippen LogP contribution in [0.25, 0.3) is 0 Å². The topological polar surface area (TPSA) is 93.7 Å². The molecule has 0 aromatic heterocycles. The van der Waals surface area contributed by atoms with Crippen LogP contribution < -0.4 is 10.6 Å². The second-order valence-electron chi connectivity index (χ2n) is 8.85. The molecular weight excluding hydrogens is 420 g/mol. The summed E-state index contributed by atoms with van der Waals surface area (Å²) in [5.74, 6) is -2.50. The van der Waals surface area contributed by atoms with E-state index in [0.717, 1.165) is 32.2 Å². The van der Waals surface area contributed by atoms with E-state index in [4.69, 9.17) is 9.47 Å². The monoisotopic (exact) mass is 458 g/mol. The van der Waals surface area contributed by atoms with Crippen LogP contribution in [0.15, 0.2) is 42.1 Å². The van der Waals surface area contributed by atoms with Crippen molar-refractivity contribution < 1.29 is 23.9 Å². The molecule has 0 aliphatic carbocycles. The van der Waals surface area contributed by atoms with E-state index in [2.05, 4.69) is 10.6 Å². The lowest BCUT2D eigenvalue weighted by atomic mass is 10.1. The van der Waals surface area contributed by atoms with Gasteiger partial charge in [-0.15, -0.1) is 0 Å². The lowest BCUT2D eigenvalue weighted by molar-refractivity contribution is -0.222. The first-order valence-electron chi connectivity index (χ1n) is 12.1. The number of hydrogen-bond donors (Lipinski definition) is 2. The minimum Gasteiger partial charge on any atom is -0.419 e. The third kappa shape index (κ3) is 10.6. The summed E-state index contributed by atoms with van der Waals surface area (Å²) in [5.41, 5.74) is 0.626. The molecule has 2 N–H and O–H groups in total. The number of carbonyl (C=O) groups excluding carboxylic acids is 3. The Morgan fingerprint density at radius 1 is 0.788 bits per heavy atom. The van der Waals surface area contributed by atoms with Crippen molar-refractivity contribution in [1.29, 1.82) is 0 Å². The molecule has 1 saturated heterocycles. The van der Waals surface area contributed by atoms with Gasteiger partial charge in [0.15, 0.2) is 5.57 Å². The van der Waals surface area contributed by atoms with Gasteiger partial charge in [-0.2, -0.15) is 0 Å². The van der Waals surface area contributed by atoms with Gasteiger partial charge in [0.2, 0.25) is 0 Å². The largest absolute Gasteiger partial charge is 0.419 e. The average Bonchev–Trinajstić information content (AvgIpc) is 2.77. The average molecular weight is 459 g/mol. The summed E-state index contributed by atoms with van der Waals surface area (Å²) >= 11 is 0. The Balaban J connectivity index is 1.36. The van der Waals surface area contributed by atoms with E-state index in [1.54, 1.807) is 0 Å². The maximum atomic E-state index is 11.9. The molecule has 1 aliphatic rings. The van der Waals surface area contributed by atoms with Crippen molar-refractivity contribution in [3.05, 3.63) is 47.7 Å². The molecule has 1 fully saturated rings. The molecule has 1 aliphatic heterocycles. The second-order valence-corrected chi connectivity index (χ2v) is 8.85. The van der Waals surface area contributed by atoms with Gasteiger partial charge < -0.3 is 20.1 Å². The minimum absolute atomic E-state index is 0.00508. The molecule has 7 heteroatoms. The van der Waals surface area contributed by atoms with E-state index in [0.29, 0.717) is 12.1 Å². The maximum Gasteiger partial charge on any atom is 0.350 e. The predicted molar refractivity (Wildman–Crippen MR) is 127 cm³/mol. The molecular formula is C26H38N2O5. The number of carbonyl (C=O) groups is 3. The standard InChI is InChI=1S/C26H38N2O5/c1-26(2)32-24(30)22(25(31)33-26)20-27-18-14-9-7-5-3-4-6-8-10-15-19-28-23(29)21-16-12-11-13-17-21/h11-13,16-17,20,27H,3-10,14-15,18-19H2,1-2H3,(H,28,29). The molecule has 0 radical (unpaired) electrons. The van der Waals surface area contributed by atoms with Crippen LogP contribution in [-0.2, 0) is 19.1 Å². The van der Waals surface area contributed by atoms with Gasteiger partial charge in [-0.1, -0.05) is 69.6 Å². The van der Waals surface area contributed by atoms with Crippen LogP contribution in [-0.4, -0.2) is 36.7 Å². The van der Waals surface area contributed by atoms with E-state index >= 15 is 0 Å². The number of rotatable bonds is 15. The number of ether oxygens (including phenoxy) is 2. The normalized spacial score (nSPS) is 14.9. The van der Waals surface area contributed by atoms with Crippen molar-refractivity contribution in [2.45, 2.75) is 83.8 Å². The van der Waals surface area contributed by atoms with Gasteiger partial charge in [-0.25, -0.2) is 9.59 Å². The lowest BCUT2D eigenvalue weighted by Crippen LogP contribution is -2.42. The Morgan fingerprint density at radius 3 is 1.82 bits per heavy atom. The Labute approximate surface area is 197 Å². The van der Waals surface area contributed by atoms with Gasteiger partial charge in [0, 0.05) is 38.7 Å². The molecule has 0 saturated carbocycles. The van der Waals surface area contributed by atoms with Gasteiger partial charge in [0.25, 0.3) is 11.7 Å². The highest BCUT2D eigenvalue weighted by Crippen LogP contribution is 2.22. The van der Waals surface area contributed by atoms with Gasteiger partial charge >= 0.3 is 11.9 Å². The van der Waals surface area contributed by atoms with Crippen molar-refractivity contribution >= 4 is 17.8 Å². The predicted octanol–water partition coefficient (Wildman–Crippen LogP) is 4.63. The molecule has 0 unspecified atom stereocenters. The Bertz CT molecular complexity index is 767. The van der Waals surface area contributed by atoms with Gasteiger partial charge in [0.05, 0.1) is 0 Å². The molecule has 182 valence electrons. The minimum atomic E-state index is -1.20. The molecule has 0 spiro atoms. The molecule has 1 aromatic rings. The smallest absolute Gasteiger partial charge is 0.350 e. The first kappa shape index (κ1) is 26.4. The second kappa shape index (κ2) is 14.3. The highest BCUT2D eigenvalue weighted by molar-refractivity contribution is 6.15. The summed E-state index contributed by atoms with van der Waals surface area (Å²) in [4.78, 5) is 35.6. The number of unbranched alkanes of at least 4 members (excludes halogenated alkanes) is 9. The zero-order chi connectivity index (χ0) is 23.9. The lowest BCUT2D eigenvalue weighted by Gasteiger charge is -2.29. The molecule has 1 amide bonds. The quantitative estimate of drug-likeness (QED) is 0.172. The summed E-state index contributed by atoms with van der Waals surface area (Å²) in [7, 11) is 0. The number of hydrogen-bond acceptors (Lipinski definition) is 6. The van der Waals surface area contributed by atoms with Crippen molar-refractivity contribution in [2.75, 3.05) is 13.1 Å². The Hall–Kier alpha value is -2.83. The number of amides is 1. The van der Waals surface area contributed by atoms with Crippen LogP contribution in [0.4, 0.5) is 0 Å². The van der Waals surface area contributed by atoms with Crippen LogP contribution >= 0.6 is 0 Å². The first-order valence-corrected chi connectivity index (χ1v) is 12.1. The van der Waals surface area contributed by atoms with Crippen molar-refractivity contribution in [2.24, 2.45) is 0 Å². The van der Waals surface area contributed by atoms with Crippen molar-refractivity contribution in [3.63, 3.8) is 0 Å². The van der Waals surface area contributed by atoms with Gasteiger partial charge in [-0.3, -0.25) is 4.79 Å². The molecule has 7 nitrogen and oxygen atoms in total. The molecule has 1 aromatic carbocycles. The zero-order valence-electron chi connectivity index (χ0n) is 20.0. The van der Waals surface area contributed by atoms with Gasteiger partial charge in [-0.05, 0) is 25.0 Å². The molecule has 1 heterocycles.